The van der Waals surface area contributed by atoms with Gasteiger partial charge in [0.25, 0.3) is 0 Å². The van der Waals surface area contributed by atoms with Crippen LogP contribution in [0.2, 0.25) is 0 Å². The second-order valence-corrected chi connectivity index (χ2v) is 2.31. The van der Waals surface area contributed by atoms with E-state index in [2.05, 4.69) is 0 Å². The largest absolute Gasteiger partial charge is 0.394 e. The Hall–Kier alpha value is -0.780. The summed E-state index contributed by atoms with van der Waals surface area (Å²) in [6.07, 6.45) is 0. The maximum Gasteiger partial charge on any atom is 0.218 e. The van der Waals surface area contributed by atoms with Crippen LogP contribution >= 0.6 is 0 Å². The number of nitrogens with two attached hydrogens (primary N) is 2. The van der Waals surface area contributed by atoms with Crippen molar-refractivity contribution in [3.05, 3.63) is 0 Å². The molecule has 0 bridgehead atoms. The Balaban J connectivity index is 4.14. The predicted molar refractivity (Wildman–Crippen MR) is 38.7 cm³/mol. The molecule has 1 unspecified atom stereocenters. The molecule has 64 valence electrons. The average Bonchev–Trinajstić information content (AvgIpc) is 2.00. The van der Waals surface area contributed by atoms with Crippen molar-refractivity contribution >= 4 is 11.6 Å². The number of ketones is 2. The van der Waals surface area contributed by atoms with Crippen LogP contribution in [0.1, 0.15) is 6.92 Å². The molecule has 0 aromatic carbocycles. The van der Waals surface area contributed by atoms with Gasteiger partial charge >= 0.3 is 0 Å². The fourth-order valence-corrected chi connectivity index (χ4v) is 0.490. The first-order chi connectivity index (χ1) is 5.00. The zero-order valence-electron chi connectivity index (χ0n) is 6.28. The number of aliphatic hydroxyl groups excluding tert-OH is 1. The summed E-state index contributed by atoms with van der Waals surface area (Å²) < 4.78 is 0. The van der Waals surface area contributed by atoms with E-state index in [1.54, 1.807) is 0 Å². The minimum atomic E-state index is -1.13. The summed E-state index contributed by atoms with van der Waals surface area (Å²) in [6, 6.07) is -1.98. The number of aliphatic hydroxyl groups is 1. The lowest BCUT2D eigenvalue weighted by atomic mass is 10.1. The fraction of sp³-hybridized carbons (Fsp3) is 0.667. The van der Waals surface area contributed by atoms with Gasteiger partial charge in [-0.25, -0.2) is 0 Å². The van der Waals surface area contributed by atoms with Crippen LogP contribution in [0.15, 0.2) is 0 Å². The van der Waals surface area contributed by atoms with Crippen LogP contribution in [0, 0.1) is 0 Å². The summed E-state index contributed by atoms with van der Waals surface area (Å²) >= 11 is 0. The number of carbonyl (C=O) groups is 2. The van der Waals surface area contributed by atoms with Crippen molar-refractivity contribution in [2.75, 3.05) is 6.61 Å². The van der Waals surface area contributed by atoms with Gasteiger partial charge in [0, 0.05) is 0 Å². The van der Waals surface area contributed by atoms with E-state index in [9.17, 15) is 9.59 Å². The third-order valence-corrected chi connectivity index (χ3v) is 1.19. The Labute approximate surface area is 64.4 Å². The third-order valence-electron chi connectivity index (χ3n) is 1.19. The van der Waals surface area contributed by atoms with Gasteiger partial charge in [0.15, 0.2) is 0 Å². The lowest BCUT2D eigenvalue weighted by molar-refractivity contribution is -0.138. The number of Topliss-reactive ketones (excluding diaryl/α,β-unsaturated/α-hetero) is 2. The van der Waals surface area contributed by atoms with Gasteiger partial charge in [-0.3, -0.25) is 9.59 Å². The van der Waals surface area contributed by atoms with E-state index in [0.717, 1.165) is 0 Å². The van der Waals surface area contributed by atoms with Crippen molar-refractivity contribution in [1.82, 2.24) is 0 Å². The molecule has 2 atom stereocenters. The standard InChI is InChI=1S/C6H12N2O3/c1-3(7)5(10)6(11)4(8)2-9/h3-4,9H,2,7-8H2,1H3/t3?,4-/m0/s1. The highest BCUT2D eigenvalue weighted by Crippen LogP contribution is 1.87. The SMILES string of the molecule is CC(N)C(=O)C(=O)[C@@H](N)CO. The Morgan fingerprint density at radius 2 is 1.82 bits per heavy atom. The van der Waals surface area contributed by atoms with Crippen molar-refractivity contribution < 1.29 is 14.7 Å². The van der Waals surface area contributed by atoms with Gasteiger partial charge in [-0.05, 0) is 6.92 Å². The molecule has 0 aliphatic heterocycles. The van der Waals surface area contributed by atoms with Gasteiger partial charge in [-0.15, -0.1) is 0 Å². The molecule has 0 fully saturated rings. The van der Waals surface area contributed by atoms with Crippen molar-refractivity contribution in [3.63, 3.8) is 0 Å². The Bertz CT molecular complexity index is 167. The first kappa shape index (κ1) is 10.2. The van der Waals surface area contributed by atoms with Gasteiger partial charge in [-0.1, -0.05) is 0 Å². The molecule has 0 radical (unpaired) electrons. The molecule has 0 amide bonds. The fourth-order valence-electron chi connectivity index (χ4n) is 0.490. The van der Waals surface area contributed by atoms with Crippen LogP contribution in [0.4, 0.5) is 0 Å². The number of rotatable bonds is 4. The van der Waals surface area contributed by atoms with E-state index in [0.29, 0.717) is 0 Å². The van der Waals surface area contributed by atoms with Gasteiger partial charge < -0.3 is 16.6 Å². The molecule has 0 rings (SSSR count). The molecule has 5 N–H and O–H groups in total. The molecule has 0 aliphatic carbocycles. The highest BCUT2D eigenvalue weighted by molar-refractivity contribution is 6.40. The zero-order chi connectivity index (χ0) is 9.02. The number of carbonyl (C=O) groups excluding carboxylic acids is 2. The Kier molecular flexibility index (Phi) is 3.88. The number of hydrogen-bond donors (Lipinski definition) is 3. The summed E-state index contributed by atoms with van der Waals surface area (Å²) in [5.74, 6) is -1.56. The molecular weight excluding hydrogens is 148 g/mol. The van der Waals surface area contributed by atoms with Crippen molar-refractivity contribution in [1.29, 1.82) is 0 Å². The second kappa shape index (κ2) is 4.17. The molecule has 0 aromatic rings. The molecule has 0 aliphatic rings. The van der Waals surface area contributed by atoms with Crippen LogP contribution in [0.5, 0.6) is 0 Å². The van der Waals surface area contributed by atoms with Crippen LogP contribution < -0.4 is 11.5 Å². The average molecular weight is 160 g/mol. The molecule has 5 heteroatoms. The summed E-state index contributed by atoms with van der Waals surface area (Å²) in [5, 5.41) is 8.40. The Morgan fingerprint density at radius 3 is 2.09 bits per heavy atom. The maximum atomic E-state index is 10.8. The minimum absolute atomic E-state index is 0.530. The molecule has 5 nitrogen and oxygen atoms in total. The highest BCUT2D eigenvalue weighted by atomic mass is 16.3. The topological polar surface area (TPSA) is 106 Å². The van der Waals surface area contributed by atoms with Crippen molar-refractivity contribution in [3.8, 4) is 0 Å². The first-order valence-electron chi connectivity index (χ1n) is 3.20. The molecular formula is C6H12N2O3. The number of hydrogen-bond acceptors (Lipinski definition) is 5. The highest BCUT2D eigenvalue weighted by Gasteiger charge is 2.23. The maximum absolute atomic E-state index is 10.8. The summed E-state index contributed by atoms with van der Waals surface area (Å²) in [6.45, 7) is 0.863. The van der Waals surface area contributed by atoms with E-state index in [1.165, 1.54) is 6.92 Å². The predicted octanol–water partition coefficient (Wildman–Crippen LogP) is -2.21. The van der Waals surface area contributed by atoms with E-state index < -0.39 is 30.3 Å². The van der Waals surface area contributed by atoms with E-state index in [1.807, 2.05) is 0 Å². The normalized spacial score (nSPS) is 15.6. The summed E-state index contributed by atoms with van der Waals surface area (Å²) in [7, 11) is 0. The first-order valence-corrected chi connectivity index (χ1v) is 3.20. The summed E-state index contributed by atoms with van der Waals surface area (Å²) in [4.78, 5) is 21.6. The Morgan fingerprint density at radius 1 is 1.36 bits per heavy atom. The van der Waals surface area contributed by atoms with Crippen molar-refractivity contribution in [2.45, 2.75) is 19.0 Å². The molecule has 0 saturated carbocycles. The van der Waals surface area contributed by atoms with E-state index in [-0.39, 0.29) is 0 Å². The third kappa shape index (κ3) is 2.75. The molecule has 0 heterocycles. The van der Waals surface area contributed by atoms with Gasteiger partial charge in [0.2, 0.25) is 11.6 Å². The molecule has 0 saturated heterocycles. The summed E-state index contributed by atoms with van der Waals surface area (Å²) in [5.41, 5.74) is 10.2. The van der Waals surface area contributed by atoms with E-state index >= 15 is 0 Å². The zero-order valence-corrected chi connectivity index (χ0v) is 6.28. The van der Waals surface area contributed by atoms with Crippen LogP contribution in [-0.2, 0) is 9.59 Å². The second-order valence-electron chi connectivity index (χ2n) is 2.31. The van der Waals surface area contributed by atoms with Crippen molar-refractivity contribution in [2.24, 2.45) is 11.5 Å². The molecule has 0 aromatic heterocycles. The van der Waals surface area contributed by atoms with Gasteiger partial charge in [-0.2, -0.15) is 0 Å². The van der Waals surface area contributed by atoms with E-state index in [4.69, 9.17) is 16.6 Å². The minimum Gasteiger partial charge on any atom is -0.394 e. The van der Waals surface area contributed by atoms with Crippen LogP contribution in [0.25, 0.3) is 0 Å². The van der Waals surface area contributed by atoms with Crippen LogP contribution in [-0.4, -0.2) is 35.4 Å². The molecule has 0 spiro atoms. The lowest BCUT2D eigenvalue weighted by Gasteiger charge is -2.07. The molecule has 11 heavy (non-hydrogen) atoms. The quantitative estimate of drug-likeness (QED) is 0.404. The lowest BCUT2D eigenvalue weighted by Crippen LogP contribution is -2.44. The van der Waals surface area contributed by atoms with Crippen LogP contribution in [0.3, 0.4) is 0 Å². The van der Waals surface area contributed by atoms with Gasteiger partial charge in [0.1, 0.15) is 0 Å². The van der Waals surface area contributed by atoms with Gasteiger partial charge in [0.05, 0.1) is 18.7 Å². The smallest absolute Gasteiger partial charge is 0.218 e. The monoisotopic (exact) mass is 160 g/mol.